The number of hydrogen-bond donors (Lipinski definition) is 2. The first-order valence-corrected chi connectivity index (χ1v) is 16.1. The van der Waals surface area contributed by atoms with Gasteiger partial charge in [-0.2, -0.15) is 13.2 Å². The quantitative estimate of drug-likeness (QED) is 0.290. The molecule has 0 bridgehead atoms. The molecular weight excluding hydrogens is 611 g/mol. The number of ether oxygens (including phenoxy) is 2. The Morgan fingerprint density at radius 2 is 1.82 bits per heavy atom. The smallest absolute Gasteiger partial charge is 0.416 e. The third kappa shape index (κ3) is 7.32. The Balaban J connectivity index is 1.31. The lowest BCUT2D eigenvalue weighted by Gasteiger charge is -2.32. The second-order valence-electron chi connectivity index (χ2n) is 11.1. The Morgan fingerprint density at radius 3 is 2.36 bits per heavy atom. The summed E-state index contributed by atoms with van der Waals surface area (Å²) in [6.07, 6.45) is -2.59. The zero-order valence-corrected chi connectivity index (χ0v) is 25.4. The second-order valence-corrected chi connectivity index (χ2v) is 13.3. The largest absolute Gasteiger partial charge is 0.488 e. The van der Waals surface area contributed by atoms with E-state index in [0.29, 0.717) is 43.3 Å². The maximum Gasteiger partial charge on any atom is 0.416 e. The Labute approximate surface area is 259 Å². The fourth-order valence-corrected chi connectivity index (χ4v) is 6.28. The van der Waals surface area contributed by atoms with E-state index in [1.807, 2.05) is 4.90 Å². The number of amides is 1. The Hall–Kier alpha value is -3.94. The van der Waals surface area contributed by atoms with Crippen LogP contribution in [-0.4, -0.2) is 68.7 Å². The number of nitrogens with zero attached hydrogens (tertiary/aromatic N) is 2. The molecule has 2 fully saturated rings. The number of sulfone groups is 1. The minimum atomic E-state index is -4.42. The third-order valence-corrected chi connectivity index (χ3v) is 9.87. The Morgan fingerprint density at radius 1 is 1.13 bits per heavy atom. The number of aliphatic hydroxyl groups is 1. The van der Waals surface area contributed by atoms with Gasteiger partial charge in [0.25, 0.3) is 5.91 Å². The molecule has 0 radical (unpaired) electrons. The van der Waals surface area contributed by atoms with Gasteiger partial charge in [0.2, 0.25) is 0 Å². The zero-order chi connectivity index (χ0) is 32.4. The van der Waals surface area contributed by atoms with Gasteiger partial charge in [0.05, 0.1) is 53.7 Å². The van der Waals surface area contributed by atoms with Crippen molar-refractivity contribution in [3.8, 4) is 0 Å². The Bertz CT molecular complexity index is 1610. The number of rotatable bonds is 11. The van der Waals surface area contributed by atoms with Crippen molar-refractivity contribution >= 4 is 21.6 Å². The minimum Gasteiger partial charge on any atom is -0.488 e. The van der Waals surface area contributed by atoms with Crippen LogP contribution in [0, 0.1) is 0 Å². The van der Waals surface area contributed by atoms with Gasteiger partial charge in [0.15, 0.2) is 9.84 Å². The van der Waals surface area contributed by atoms with Crippen LogP contribution in [-0.2, 0) is 25.5 Å². The van der Waals surface area contributed by atoms with Crippen molar-refractivity contribution < 1.29 is 41.0 Å². The second kappa shape index (κ2) is 13.2. The first-order valence-electron chi connectivity index (χ1n) is 14.5. The van der Waals surface area contributed by atoms with Crippen molar-refractivity contribution in [2.75, 3.05) is 37.0 Å². The van der Waals surface area contributed by atoms with Gasteiger partial charge in [-0.1, -0.05) is 37.8 Å². The number of nitrogens with one attached hydrogen (secondary N) is 1. The number of carbonyl (C=O) groups is 1. The zero-order valence-electron chi connectivity index (χ0n) is 24.5. The van der Waals surface area contributed by atoms with Gasteiger partial charge in [-0.3, -0.25) is 4.79 Å². The molecule has 2 aliphatic rings. The number of pyridine rings is 1. The fourth-order valence-electron chi connectivity index (χ4n) is 5.40. The molecule has 2 aliphatic heterocycles. The summed E-state index contributed by atoms with van der Waals surface area (Å²) in [5.41, 5.74) is 0.812. The van der Waals surface area contributed by atoms with E-state index >= 15 is 0 Å². The van der Waals surface area contributed by atoms with Crippen molar-refractivity contribution in [2.24, 2.45) is 0 Å². The number of carbonyl (C=O) groups excluding carboxylic acids is 1. The van der Waals surface area contributed by atoms with Crippen LogP contribution in [0.2, 0.25) is 0 Å². The monoisotopic (exact) mass is 645 g/mol. The van der Waals surface area contributed by atoms with Crippen LogP contribution in [0.25, 0.3) is 0 Å². The maximum atomic E-state index is 13.1. The molecule has 3 atom stereocenters. The number of aliphatic hydroxyl groups excluding tert-OH is 1. The molecule has 2 aromatic carbocycles. The van der Waals surface area contributed by atoms with Gasteiger partial charge in [-0.25, -0.2) is 13.4 Å². The lowest BCUT2D eigenvalue weighted by Crippen LogP contribution is -2.39. The fraction of sp³-hybridized carbons (Fsp3) is 0.375. The van der Waals surface area contributed by atoms with Gasteiger partial charge < -0.3 is 24.8 Å². The van der Waals surface area contributed by atoms with Crippen molar-refractivity contribution in [3.63, 3.8) is 0 Å². The summed E-state index contributed by atoms with van der Waals surface area (Å²) in [6, 6.07) is 13.3. The molecule has 5 rings (SSSR count). The van der Waals surface area contributed by atoms with E-state index < -0.39 is 40.1 Å². The van der Waals surface area contributed by atoms with Crippen LogP contribution < -0.4 is 10.2 Å². The predicted molar refractivity (Wildman–Crippen MR) is 160 cm³/mol. The predicted octanol–water partition coefficient (Wildman–Crippen LogP) is 4.65. The molecule has 1 unspecified atom stereocenters. The summed E-state index contributed by atoms with van der Waals surface area (Å²) >= 11 is 0. The molecular formula is C32H34F3N3O6S. The molecule has 2 saturated heterocycles. The molecule has 1 aromatic heterocycles. The van der Waals surface area contributed by atoms with Crippen molar-refractivity contribution in [3.05, 3.63) is 101 Å². The molecule has 0 saturated carbocycles. The molecule has 1 amide bonds. The highest BCUT2D eigenvalue weighted by atomic mass is 32.2. The lowest BCUT2D eigenvalue weighted by molar-refractivity contribution is -0.137. The van der Waals surface area contributed by atoms with E-state index in [1.165, 1.54) is 30.5 Å². The maximum absolute atomic E-state index is 13.1. The van der Waals surface area contributed by atoms with Crippen LogP contribution >= 0.6 is 0 Å². The molecule has 0 spiro atoms. The van der Waals surface area contributed by atoms with E-state index in [2.05, 4.69) is 16.9 Å². The van der Waals surface area contributed by atoms with E-state index in [0.717, 1.165) is 17.7 Å². The standard InChI is InChI=1S/C32H34F3N3O6S/c1-3-45(41,42)27-11-6-22(7-12-27)28(17-39)37-31(40)23-8-13-30(36-15-23)38-16-24(14-29(38)20(2)44-26-18-43-19-26)21-4-9-25(10-5-21)32(33,34)35/h4-13,15,24,26,28-29,39H,2-3,14,16-19H2,1H3,(H,37,40)/t24?,28-,29-/m0/s1. The number of aromatic nitrogens is 1. The van der Waals surface area contributed by atoms with Crippen molar-refractivity contribution in [1.82, 2.24) is 10.3 Å². The van der Waals surface area contributed by atoms with Crippen LogP contribution in [0.1, 0.15) is 52.4 Å². The molecule has 13 heteroatoms. The number of benzene rings is 2. The normalized spacial score (nSPS) is 19.5. The summed E-state index contributed by atoms with van der Waals surface area (Å²) in [5, 5.41) is 12.7. The molecule has 9 nitrogen and oxygen atoms in total. The first-order chi connectivity index (χ1) is 21.4. The molecule has 45 heavy (non-hydrogen) atoms. The molecule has 0 aliphatic carbocycles. The topological polar surface area (TPSA) is 118 Å². The van der Waals surface area contributed by atoms with E-state index in [9.17, 15) is 31.5 Å². The van der Waals surface area contributed by atoms with Crippen molar-refractivity contribution in [1.29, 1.82) is 0 Å². The highest BCUT2D eigenvalue weighted by Gasteiger charge is 2.38. The Kier molecular flexibility index (Phi) is 9.52. The van der Waals surface area contributed by atoms with Gasteiger partial charge in [-0.05, 0) is 53.9 Å². The van der Waals surface area contributed by atoms with E-state index in [4.69, 9.17) is 9.47 Å². The highest BCUT2D eigenvalue weighted by molar-refractivity contribution is 7.91. The first kappa shape index (κ1) is 32.5. The lowest BCUT2D eigenvalue weighted by atomic mass is 9.95. The summed E-state index contributed by atoms with van der Waals surface area (Å²) in [6.45, 7) is 6.61. The van der Waals surface area contributed by atoms with E-state index in [1.54, 1.807) is 31.2 Å². The van der Waals surface area contributed by atoms with Crippen LogP contribution in [0.15, 0.2) is 84.1 Å². The van der Waals surface area contributed by atoms with Gasteiger partial charge in [0, 0.05) is 18.7 Å². The SMILES string of the molecule is C=C(OC1COC1)[C@@H]1CC(c2ccc(C(F)(F)F)cc2)CN1c1ccc(C(=O)N[C@@H](CO)c2ccc(S(=O)(=O)CC)cc2)cn1. The van der Waals surface area contributed by atoms with Crippen LogP contribution in [0.3, 0.4) is 0 Å². The van der Waals surface area contributed by atoms with Gasteiger partial charge in [0.1, 0.15) is 17.7 Å². The van der Waals surface area contributed by atoms with Crippen LogP contribution in [0.5, 0.6) is 0 Å². The molecule has 2 N–H and O–H groups in total. The molecule has 3 aromatic rings. The number of alkyl halides is 3. The average Bonchev–Trinajstić information content (AvgIpc) is 3.47. The number of halogens is 3. The van der Waals surface area contributed by atoms with E-state index in [-0.39, 0.29) is 34.3 Å². The van der Waals surface area contributed by atoms with Gasteiger partial charge >= 0.3 is 6.18 Å². The van der Waals surface area contributed by atoms with Gasteiger partial charge in [-0.15, -0.1) is 0 Å². The van der Waals surface area contributed by atoms with Crippen molar-refractivity contribution in [2.45, 2.75) is 48.5 Å². The number of anilines is 1. The average molecular weight is 646 g/mol. The molecule has 3 heterocycles. The minimum absolute atomic E-state index is 0.0417. The summed E-state index contributed by atoms with van der Waals surface area (Å²) in [5.74, 6) is 0.387. The summed E-state index contributed by atoms with van der Waals surface area (Å²) in [7, 11) is -3.39. The van der Waals surface area contributed by atoms with Crippen LogP contribution in [0.4, 0.5) is 19.0 Å². The number of hydrogen-bond acceptors (Lipinski definition) is 8. The highest BCUT2D eigenvalue weighted by Crippen LogP contribution is 2.39. The molecule has 240 valence electrons. The third-order valence-electron chi connectivity index (χ3n) is 8.12. The summed E-state index contributed by atoms with van der Waals surface area (Å²) < 4.78 is 74.8. The summed E-state index contributed by atoms with van der Waals surface area (Å²) in [4.78, 5) is 19.7.